The van der Waals surface area contributed by atoms with E-state index < -0.39 is 0 Å². The Labute approximate surface area is 94.5 Å². The minimum atomic E-state index is 0.486. The third-order valence-corrected chi connectivity index (χ3v) is 3.43. The molecule has 0 radical (unpaired) electrons. The quantitative estimate of drug-likeness (QED) is 0.832. The van der Waals surface area contributed by atoms with Crippen molar-refractivity contribution in [3.8, 4) is 0 Å². The first-order valence-electron chi connectivity index (χ1n) is 5.83. The summed E-state index contributed by atoms with van der Waals surface area (Å²) in [7, 11) is 0. The average molecular weight is 216 g/mol. The summed E-state index contributed by atoms with van der Waals surface area (Å²) in [5.74, 6) is 1.66. The van der Waals surface area contributed by atoms with Crippen LogP contribution in [0.3, 0.4) is 0 Å². The number of aromatic nitrogens is 3. The molecule has 0 spiro atoms. The van der Waals surface area contributed by atoms with Crippen LogP contribution in [0.2, 0.25) is 0 Å². The van der Waals surface area contributed by atoms with Gasteiger partial charge in [-0.3, -0.25) is 4.40 Å². The number of imidazole rings is 1. The van der Waals surface area contributed by atoms with Gasteiger partial charge in [-0.05, 0) is 19.8 Å². The summed E-state index contributed by atoms with van der Waals surface area (Å²) in [6, 6.07) is 2.11. The lowest BCUT2D eigenvalue weighted by atomic mass is 9.83. The van der Waals surface area contributed by atoms with Crippen LogP contribution in [-0.4, -0.2) is 14.4 Å². The molecule has 0 bridgehead atoms. The van der Waals surface area contributed by atoms with Gasteiger partial charge >= 0.3 is 0 Å². The molecule has 2 N–H and O–H groups in total. The maximum atomic E-state index is 5.60. The average Bonchev–Trinajstić information content (AvgIpc) is 2.58. The maximum absolute atomic E-state index is 5.60. The second-order valence-electron chi connectivity index (χ2n) is 4.52. The first-order valence-corrected chi connectivity index (χ1v) is 5.83. The summed E-state index contributed by atoms with van der Waals surface area (Å²) in [5.41, 5.74) is 8.71. The van der Waals surface area contributed by atoms with E-state index in [1.54, 1.807) is 0 Å². The Hall–Kier alpha value is -1.42. The second-order valence-corrected chi connectivity index (χ2v) is 4.52. The molecular weight excluding hydrogens is 200 g/mol. The van der Waals surface area contributed by atoms with E-state index in [2.05, 4.69) is 16.0 Å². The van der Waals surface area contributed by atoms with Crippen LogP contribution in [0.5, 0.6) is 0 Å². The normalized spacial score (nSPS) is 16.6. The van der Waals surface area contributed by atoms with Crippen molar-refractivity contribution in [3.05, 3.63) is 29.5 Å². The number of aryl methyl sites for hydroxylation is 1. The summed E-state index contributed by atoms with van der Waals surface area (Å²) in [6.07, 6.45) is 5.85. The van der Waals surface area contributed by atoms with E-state index in [9.17, 15) is 0 Å². The van der Waals surface area contributed by atoms with Crippen LogP contribution in [0.25, 0.3) is 5.65 Å². The fourth-order valence-electron chi connectivity index (χ4n) is 2.22. The minimum absolute atomic E-state index is 0.486. The zero-order valence-electron chi connectivity index (χ0n) is 9.48. The number of nitrogens with two attached hydrogens (primary N) is 1. The molecule has 0 amide bonds. The zero-order valence-corrected chi connectivity index (χ0v) is 9.48. The van der Waals surface area contributed by atoms with Gasteiger partial charge in [-0.1, -0.05) is 6.42 Å². The Morgan fingerprint density at radius 1 is 1.44 bits per heavy atom. The van der Waals surface area contributed by atoms with Crippen molar-refractivity contribution in [2.75, 3.05) is 0 Å². The number of hydrogen-bond acceptors (Lipinski definition) is 3. The topological polar surface area (TPSA) is 56.2 Å². The van der Waals surface area contributed by atoms with Crippen molar-refractivity contribution < 1.29 is 0 Å². The van der Waals surface area contributed by atoms with E-state index in [1.807, 2.05) is 17.5 Å². The van der Waals surface area contributed by atoms with E-state index in [4.69, 9.17) is 5.73 Å². The van der Waals surface area contributed by atoms with Crippen molar-refractivity contribution in [1.29, 1.82) is 0 Å². The zero-order chi connectivity index (χ0) is 11.1. The van der Waals surface area contributed by atoms with Crippen LogP contribution in [0.1, 0.15) is 42.4 Å². The Balaban J connectivity index is 2.12. The first-order chi connectivity index (χ1) is 7.78. The molecule has 16 heavy (non-hydrogen) atoms. The first kappa shape index (κ1) is 9.78. The lowest BCUT2D eigenvalue weighted by Crippen LogP contribution is -2.12. The molecule has 0 aromatic carbocycles. The molecule has 4 nitrogen and oxygen atoms in total. The molecule has 0 atom stereocenters. The fraction of sp³-hybridized carbons (Fsp3) is 0.500. The van der Waals surface area contributed by atoms with Crippen molar-refractivity contribution in [2.24, 2.45) is 5.73 Å². The van der Waals surface area contributed by atoms with Crippen LogP contribution >= 0.6 is 0 Å². The van der Waals surface area contributed by atoms with Crippen LogP contribution in [0.15, 0.2) is 12.3 Å². The molecule has 84 valence electrons. The van der Waals surface area contributed by atoms with Gasteiger partial charge in [-0.2, -0.15) is 0 Å². The molecule has 4 heteroatoms. The van der Waals surface area contributed by atoms with Gasteiger partial charge in [0, 0.05) is 30.4 Å². The smallest absolute Gasteiger partial charge is 0.140 e. The third kappa shape index (κ3) is 1.41. The van der Waals surface area contributed by atoms with E-state index in [0.717, 1.165) is 17.2 Å². The summed E-state index contributed by atoms with van der Waals surface area (Å²) in [5, 5.41) is 0. The minimum Gasteiger partial charge on any atom is -0.325 e. The van der Waals surface area contributed by atoms with Crippen molar-refractivity contribution in [3.63, 3.8) is 0 Å². The predicted octanol–water partition coefficient (Wildman–Crippen LogP) is 1.76. The Morgan fingerprint density at radius 2 is 2.25 bits per heavy atom. The van der Waals surface area contributed by atoms with Gasteiger partial charge in [0.1, 0.15) is 11.5 Å². The fourth-order valence-corrected chi connectivity index (χ4v) is 2.22. The highest BCUT2D eigenvalue weighted by Gasteiger charge is 2.22. The number of fused-ring (bicyclic) bond motifs is 1. The summed E-state index contributed by atoms with van der Waals surface area (Å²) >= 11 is 0. The molecule has 1 aliphatic carbocycles. The maximum Gasteiger partial charge on any atom is 0.140 e. The third-order valence-electron chi connectivity index (χ3n) is 3.43. The molecule has 0 saturated heterocycles. The summed E-state index contributed by atoms with van der Waals surface area (Å²) in [6.45, 7) is 2.51. The highest BCUT2D eigenvalue weighted by atomic mass is 15.1. The molecule has 1 saturated carbocycles. The highest BCUT2D eigenvalue weighted by molar-refractivity contribution is 5.43. The van der Waals surface area contributed by atoms with Crippen LogP contribution in [0.4, 0.5) is 0 Å². The summed E-state index contributed by atoms with van der Waals surface area (Å²) in [4.78, 5) is 9.14. The molecule has 1 fully saturated rings. The van der Waals surface area contributed by atoms with E-state index in [1.165, 1.54) is 25.0 Å². The molecule has 2 aromatic heterocycles. The van der Waals surface area contributed by atoms with E-state index in [0.29, 0.717) is 12.5 Å². The molecule has 1 aliphatic rings. The molecule has 2 aromatic rings. The lowest BCUT2D eigenvalue weighted by Gasteiger charge is -2.24. The molecule has 0 aliphatic heterocycles. The van der Waals surface area contributed by atoms with Gasteiger partial charge in [0.2, 0.25) is 0 Å². The second kappa shape index (κ2) is 3.56. The Bertz CT molecular complexity index is 525. The largest absolute Gasteiger partial charge is 0.325 e. The molecular formula is C12H16N4. The number of rotatable bonds is 2. The van der Waals surface area contributed by atoms with Gasteiger partial charge in [0.15, 0.2) is 0 Å². The van der Waals surface area contributed by atoms with Gasteiger partial charge in [-0.25, -0.2) is 9.97 Å². The Morgan fingerprint density at radius 3 is 2.88 bits per heavy atom. The lowest BCUT2D eigenvalue weighted by molar-refractivity contribution is 0.410. The number of nitrogens with zero attached hydrogens (tertiary/aromatic N) is 3. The highest BCUT2D eigenvalue weighted by Crippen LogP contribution is 2.35. The van der Waals surface area contributed by atoms with Crippen LogP contribution < -0.4 is 5.73 Å². The SMILES string of the molecule is Cc1nc(C2CCC2)cc2nc(CN)cn12. The van der Waals surface area contributed by atoms with Crippen molar-refractivity contribution >= 4 is 5.65 Å². The van der Waals surface area contributed by atoms with Gasteiger partial charge in [0.25, 0.3) is 0 Å². The van der Waals surface area contributed by atoms with Gasteiger partial charge < -0.3 is 5.73 Å². The number of hydrogen-bond donors (Lipinski definition) is 1. The van der Waals surface area contributed by atoms with Crippen molar-refractivity contribution in [2.45, 2.75) is 38.6 Å². The predicted molar refractivity (Wildman–Crippen MR) is 62.2 cm³/mol. The van der Waals surface area contributed by atoms with Crippen LogP contribution in [-0.2, 0) is 6.54 Å². The monoisotopic (exact) mass is 216 g/mol. The van der Waals surface area contributed by atoms with E-state index in [-0.39, 0.29) is 0 Å². The van der Waals surface area contributed by atoms with Crippen molar-refractivity contribution in [1.82, 2.24) is 14.4 Å². The van der Waals surface area contributed by atoms with E-state index >= 15 is 0 Å². The molecule has 0 unspecified atom stereocenters. The molecule has 2 heterocycles. The van der Waals surface area contributed by atoms with Crippen LogP contribution in [0, 0.1) is 6.92 Å². The van der Waals surface area contributed by atoms with Gasteiger partial charge in [-0.15, -0.1) is 0 Å². The Kier molecular flexibility index (Phi) is 2.17. The standard InChI is InChI=1S/C12H16N4/c1-8-14-11(9-3-2-4-9)5-12-15-10(6-13)7-16(8)12/h5,7,9H,2-4,6,13H2,1H3. The molecule has 3 rings (SSSR count). The summed E-state index contributed by atoms with van der Waals surface area (Å²) < 4.78 is 2.02. The van der Waals surface area contributed by atoms with Gasteiger partial charge in [0.05, 0.1) is 5.69 Å².